The van der Waals surface area contributed by atoms with E-state index in [4.69, 9.17) is 4.74 Å². The number of hydrogen-bond donors (Lipinski definition) is 2. The van der Waals surface area contributed by atoms with Gasteiger partial charge in [-0.05, 0) is 57.9 Å². The van der Waals surface area contributed by atoms with E-state index in [1.54, 1.807) is 72.1 Å². The lowest BCUT2D eigenvalue weighted by molar-refractivity contribution is -0.142. The van der Waals surface area contributed by atoms with Gasteiger partial charge < -0.3 is 30.1 Å². The Balaban J connectivity index is 1.50. The minimum absolute atomic E-state index is 0.0580. The molecule has 360 valence electrons. The summed E-state index contributed by atoms with van der Waals surface area (Å²) < 4.78 is 5.65. The number of nitrogens with one attached hydrogen (secondary N) is 2. The molecule has 66 heavy (non-hydrogen) atoms. The highest BCUT2D eigenvalue weighted by atomic mass is 16.6. The lowest BCUT2D eigenvalue weighted by Crippen LogP contribution is -2.50. The number of carbonyl (C=O) groups excluding carboxylic acids is 9. The zero-order chi connectivity index (χ0) is 48.7. The van der Waals surface area contributed by atoms with Gasteiger partial charge in [0.15, 0.2) is 11.6 Å². The summed E-state index contributed by atoms with van der Waals surface area (Å²) in [6.45, 7) is 8.56. The SMILES string of the molecule is CCC[C@H](CC(=O)[C@@H]1CN(C(=O)OC(C)(C)C)C[C@@H]1N(C)C(=O)[C@H](CC)CC(=O)[C@@H](NC(=O)c1cnccn1)C1CCCCC1)C(=O)C(=O)CCC(=O)N[C@H](C(=O)N(C)C)c1ccccc1. The number of carbonyl (C=O) groups is 9. The van der Waals surface area contributed by atoms with Gasteiger partial charge in [-0.15, -0.1) is 0 Å². The van der Waals surface area contributed by atoms with Crippen molar-refractivity contribution in [3.8, 4) is 0 Å². The smallest absolute Gasteiger partial charge is 0.410 e. The van der Waals surface area contributed by atoms with Crippen LogP contribution in [0.3, 0.4) is 0 Å². The fraction of sp³-hybridized carbons (Fsp3) is 0.612. The Kier molecular flexibility index (Phi) is 19.7. The second kappa shape index (κ2) is 24.6. The monoisotopic (exact) mass is 916 g/mol. The molecule has 1 aliphatic heterocycles. The average Bonchev–Trinajstić information content (AvgIpc) is 3.76. The molecule has 1 aliphatic carbocycles. The number of ether oxygens (including phenoxy) is 1. The third-order valence-electron chi connectivity index (χ3n) is 12.5. The second-order valence-electron chi connectivity index (χ2n) is 18.8. The zero-order valence-corrected chi connectivity index (χ0v) is 39.9. The summed E-state index contributed by atoms with van der Waals surface area (Å²) in [7, 11) is 4.66. The predicted octanol–water partition coefficient (Wildman–Crippen LogP) is 5.07. The molecule has 2 aromatic rings. The van der Waals surface area contributed by atoms with E-state index in [0.717, 1.165) is 32.1 Å². The number of aromatic nitrogens is 2. The number of likely N-dealkylation sites (tertiary alicyclic amines) is 1. The third kappa shape index (κ3) is 14.8. The maximum absolute atomic E-state index is 14.4. The summed E-state index contributed by atoms with van der Waals surface area (Å²) in [4.78, 5) is 135. The molecule has 4 rings (SSSR count). The van der Waals surface area contributed by atoms with Crippen LogP contribution in [-0.2, 0) is 38.3 Å². The Morgan fingerprint density at radius 3 is 2.11 bits per heavy atom. The van der Waals surface area contributed by atoms with E-state index in [2.05, 4.69) is 20.6 Å². The Morgan fingerprint density at radius 2 is 1.52 bits per heavy atom. The van der Waals surface area contributed by atoms with E-state index in [1.165, 1.54) is 40.3 Å². The summed E-state index contributed by atoms with van der Waals surface area (Å²) in [5.74, 6) is -7.18. The van der Waals surface area contributed by atoms with E-state index < -0.39 is 89.1 Å². The molecule has 5 amide bonds. The number of Topliss-reactive ketones (excluding diaryl/α,β-unsaturated/α-hetero) is 4. The molecule has 17 heteroatoms. The van der Waals surface area contributed by atoms with Crippen LogP contribution in [0.25, 0.3) is 0 Å². The molecule has 2 aliphatic rings. The molecule has 6 atom stereocenters. The van der Waals surface area contributed by atoms with Crippen LogP contribution >= 0.6 is 0 Å². The van der Waals surface area contributed by atoms with E-state index in [-0.39, 0.29) is 68.5 Å². The number of benzene rings is 1. The van der Waals surface area contributed by atoms with Gasteiger partial charge in [0.25, 0.3) is 5.91 Å². The highest BCUT2D eigenvalue weighted by molar-refractivity contribution is 6.38. The van der Waals surface area contributed by atoms with Crippen molar-refractivity contribution in [1.82, 2.24) is 35.3 Å². The van der Waals surface area contributed by atoms with Gasteiger partial charge in [0.1, 0.15) is 23.1 Å². The summed E-state index contributed by atoms with van der Waals surface area (Å²) in [6, 6.07) is 5.95. The van der Waals surface area contributed by atoms with Gasteiger partial charge in [0.2, 0.25) is 23.5 Å². The van der Waals surface area contributed by atoms with Crippen LogP contribution in [0.15, 0.2) is 48.9 Å². The number of rotatable bonds is 22. The van der Waals surface area contributed by atoms with Gasteiger partial charge in [0, 0.05) is 84.1 Å². The zero-order valence-electron chi connectivity index (χ0n) is 39.9. The first-order valence-electron chi connectivity index (χ1n) is 23.2. The minimum Gasteiger partial charge on any atom is -0.444 e. The van der Waals surface area contributed by atoms with Gasteiger partial charge >= 0.3 is 6.09 Å². The normalized spacial score (nSPS) is 18.2. The summed E-state index contributed by atoms with van der Waals surface area (Å²) in [5.41, 5.74) is -0.233. The van der Waals surface area contributed by atoms with Crippen LogP contribution in [0.1, 0.15) is 134 Å². The number of nitrogens with zero attached hydrogens (tertiary/aromatic N) is 5. The van der Waals surface area contributed by atoms with Gasteiger partial charge in [-0.1, -0.05) is 69.9 Å². The van der Waals surface area contributed by atoms with Crippen molar-refractivity contribution < 1.29 is 47.9 Å². The Morgan fingerprint density at radius 1 is 0.833 bits per heavy atom. The van der Waals surface area contributed by atoms with Gasteiger partial charge in [-0.25, -0.2) is 9.78 Å². The molecular weight excluding hydrogens is 847 g/mol. The first kappa shape index (κ1) is 52.8. The lowest BCUT2D eigenvalue weighted by Gasteiger charge is -2.33. The van der Waals surface area contributed by atoms with Gasteiger partial charge in [-0.2, -0.15) is 0 Å². The molecular formula is C49H69N7O10. The average molecular weight is 916 g/mol. The van der Waals surface area contributed by atoms with E-state index in [0.29, 0.717) is 12.0 Å². The van der Waals surface area contributed by atoms with Crippen LogP contribution in [-0.4, -0.2) is 129 Å². The Bertz CT molecular complexity index is 2030. The lowest BCUT2D eigenvalue weighted by atomic mass is 9.80. The molecule has 1 saturated carbocycles. The van der Waals surface area contributed by atoms with Crippen LogP contribution < -0.4 is 10.6 Å². The third-order valence-corrected chi connectivity index (χ3v) is 12.5. The Labute approximate surface area is 388 Å². The maximum atomic E-state index is 14.4. The molecule has 0 spiro atoms. The van der Waals surface area contributed by atoms with Crippen molar-refractivity contribution in [2.24, 2.45) is 23.7 Å². The number of hydrogen-bond acceptors (Lipinski definition) is 12. The highest BCUT2D eigenvalue weighted by Crippen LogP contribution is 2.32. The summed E-state index contributed by atoms with van der Waals surface area (Å²) in [5, 5.41) is 5.57. The molecule has 17 nitrogen and oxygen atoms in total. The standard InChI is InChI=1S/C49H69N7O10/c1-9-17-34(44(61)38(57)22-23-41(60)52-43(47(64)54(6)7)33-20-15-12-16-21-33)27-39(58)35-29-56(48(65)66-49(3,4)5)30-37(35)55(8)46(63)31(10-2)26-40(59)42(32-18-13-11-14-19-32)53-45(62)36-28-50-24-25-51-36/h12,15-16,20-21,24-25,28,31-32,34-35,37,42-43H,9-11,13-14,17-19,22-23,26-27,29-30H2,1-8H3,(H,52,60)(H,53,62)/t31-,34-,35-,37+,42+,43+/m1/s1. The molecule has 1 aromatic heterocycles. The number of amides is 5. The van der Waals surface area contributed by atoms with Crippen molar-refractivity contribution in [2.75, 3.05) is 34.2 Å². The molecule has 2 heterocycles. The quantitative estimate of drug-likeness (QED) is 0.148. The van der Waals surface area contributed by atoms with Crippen molar-refractivity contribution in [3.05, 3.63) is 60.2 Å². The first-order chi connectivity index (χ1) is 31.3. The van der Waals surface area contributed by atoms with Crippen LogP contribution in [0, 0.1) is 23.7 Å². The van der Waals surface area contributed by atoms with Crippen LogP contribution in [0.5, 0.6) is 0 Å². The number of likely N-dealkylation sites (N-methyl/N-ethyl adjacent to an activating group) is 2. The van der Waals surface area contributed by atoms with Crippen molar-refractivity contribution >= 4 is 52.9 Å². The van der Waals surface area contributed by atoms with E-state index in [1.807, 2.05) is 6.92 Å². The van der Waals surface area contributed by atoms with Crippen molar-refractivity contribution in [1.29, 1.82) is 0 Å². The molecule has 1 aromatic carbocycles. The van der Waals surface area contributed by atoms with Gasteiger partial charge in [-0.3, -0.25) is 43.3 Å². The minimum atomic E-state index is -1.02. The highest BCUT2D eigenvalue weighted by Gasteiger charge is 2.46. The number of ketones is 4. The topological polar surface area (TPSA) is 222 Å². The summed E-state index contributed by atoms with van der Waals surface area (Å²) in [6.07, 6.45) is 7.44. The molecule has 2 N–H and O–H groups in total. The predicted molar refractivity (Wildman–Crippen MR) is 244 cm³/mol. The van der Waals surface area contributed by atoms with E-state index in [9.17, 15) is 43.2 Å². The maximum Gasteiger partial charge on any atom is 0.410 e. The van der Waals surface area contributed by atoms with E-state index >= 15 is 0 Å². The second-order valence-corrected chi connectivity index (χ2v) is 18.8. The van der Waals surface area contributed by atoms with Crippen LogP contribution in [0.2, 0.25) is 0 Å². The van der Waals surface area contributed by atoms with Crippen molar-refractivity contribution in [3.63, 3.8) is 0 Å². The Hall–Kier alpha value is -5.87. The summed E-state index contributed by atoms with van der Waals surface area (Å²) >= 11 is 0. The molecule has 0 bridgehead atoms. The fourth-order valence-corrected chi connectivity index (χ4v) is 8.83. The largest absolute Gasteiger partial charge is 0.444 e. The van der Waals surface area contributed by atoms with Gasteiger partial charge in [0.05, 0.1) is 24.2 Å². The molecule has 1 saturated heterocycles. The first-order valence-corrected chi connectivity index (χ1v) is 23.2. The van der Waals surface area contributed by atoms with Crippen molar-refractivity contribution in [2.45, 2.75) is 135 Å². The van der Waals surface area contributed by atoms with Crippen LogP contribution in [0.4, 0.5) is 4.79 Å². The fourth-order valence-electron chi connectivity index (χ4n) is 8.83. The molecule has 0 unspecified atom stereocenters. The molecule has 2 fully saturated rings. The molecule has 0 radical (unpaired) electrons.